The molecule has 0 spiro atoms. The number of aromatic nitrogens is 1. The lowest BCUT2D eigenvalue weighted by atomic mass is 9.95. The van der Waals surface area contributed by atoms with Crippen LogP contribution in [0.2, 0.25) is 0 Å². The van der Waals surface area contributed by atoms with E-state index < -0.39 is 0 Å². The van der Waals surface area contributed by atoms with Crippen molar-refractivity contribution in [1.82, 2.24) is 9.88 Å². The molecule has 25 heavy (non-hydrogen) atoms. The molecule has 0 unspecified atom stereocenters. The second-order valence-electron chi connectivity index (χ2n) is 6.61. The van der Waals surface area contributed by atoms with Gasteiger partial charge in [-0.2, -0.15) is 5.26 Å². The number of rotatable bonds is 3. The number of benzene rings is 1. The van der Waals surface area contributed by atoms with Crippen molar-refractivity contribution in [1.29, 1.82) is 5.26 Å². The molecule has 0 radical (unpaired) electrons. The molecule has 1 aromatic carbocycles. The number of nitrogens with zero attached hydrogens (tertiary/aromatic N) is 4. The monoisotopic (exact) mass is 334 g/mol. The molecular weight excluding hydrogens is 312 g/mol. The van der Waals surface area contributed by atoms with E-state index in [2.05, 4.69) is 51.2 Å². The minimum absolute atomic E-state index is 0.728. The summed E-state index contributed by atoms with van der Waals surface area (Å²) in [6, 6.07) is 12.9. The standard InChI is InChI=1S/C20H22N4O/c21-12-17-13-22-20(24-8-10-25-11-9-24)19-15-23(7-6-18(17)19)14-16-4-2-1-3-5-16/h1-5,13H,6-11,14-15H2. The predicted molar refractivity (Wildman–Crippen MR) is 96.2 cm³/mol. The van der Waals surface area contributed by atoms with Gasteiger partial charge in [0.1, 0.15) is 11.9 Å². The molecule has 2 aliphatic heterocycles. The molecule has 128 valence electrons. The zero-order valence-corrected chi connectivity index (χ0v) is 14.3. The van der Waals surface area contributed by atoms with Gasteiger partial charge in [0.05, 0.1) is 18.8 Å². The highest BCUT2D eigenvalue weighted by Gasteiger charge is 2.26. The largest absolute Gasteiger partial charge is 0.378 e. The molecule has 5 heteroatoms. The quantitative estimate of drug-likeness (QED) is 0.862. The predicted octanol–water partition coefficient (Wildman–Crippen LogP) is 2.35. The van der Waals surface area contributed by atoms with E-state index in [0.29, 0.717) is 0 Å². The first-order valence-electron chi connectivity index (χ1n) is 8.85. The summed E-state index contributed by atoms with van der Waals surface area (Å²) >= 11 is 0. The van der Waals surface area contributed by atoms with Crippen LogP contribution in [0.4, 0.5) is 5.82 Å². The topological polar surface area (TPSA) is 52.4 Å². The van der Waals surface area contributed by atoms with Crippen LogP contribution < -0.4 is 4.90 Å². The fourth-order valence-electron chi connectivity index (χ4n) is 3.72. The molecule has 5 nitrogen and oxygen atoms in total. The second-order valence-corrected chi connectivity index (χ2v) is 6.61. The van der Waals surface area contributed by atoms with Gasteiger partial charge >= 0.3 is 0 Å². The Kier molecular flexibility index (Phi) is 4.64. The number of morpholine rings is 1. The minimum Gasteiger partial charge on any atom is -0.378 e. The summed E-state index contributed by atoms with van der Waals surface area (Å²) in [6.45, 7) is 5.96. The Bertz CT molecular complexity index is 778. The van der Waals surface area contributed by atoms with Crippen molar-refractivity contribution < 1.29 is 4.74 Å². The van der Waals surface area contributed by atoms with Crippen LogP contribution in [0, 0.1) is 11.3 Å². The summed E-state index contributed by atoms with van der Waals surface area (Å²) in [5.74, 6) is 1.04. The number of ether oxygens (including phenoxy) is 1. The fourth-order valence-corrected chi connectivity index (χ4v) is 3.72. The molecule has 2 aromatic rings. The van der Waals surface area contributed by atoms with Gasteiger partial charge in [0.15, 0.2) is 0 Å². The Labute approximate surface area is 148 Å². The highest BCUT2D eigenvalue weighted by Crippen LogP contribution is 2.30. The van der Waals surface area contributed by atoms with E-state index in [0.717, 1.165) is 63.7 Å². The molecule has 0 atom stereocenters. The highest BCUT2D eigenvalue weighted by molar-refractivity contribution is 5.56. The van der Waals surface area contributed by atoms with Crippen LogP contribution in [-0.2, 0) is 24.2 Å². The van der Waals surface area contributed by atoms with Crippen molar-refractivity contribution in [3.8, 4) is 6.07 Å². The lowest BCUT2D eigenvalue weighted by Crippen LogP contribution is -2.39. The van der Waals surface area contributed by atoms with E-state index >= 15 is 0 Å². The van der Waals surface area contributed by atoms with Gasteiger partial charge in [0.25, 0.3) is 0 Å². The van der Waals surface area contributed by atoms with Crippen molar-refractivity contribution in [3.05, 3.63) is 58.8 Å². The highest BCUT2D eigenvalue weighted by atomic mass is 16.5. The first-order chi connectivity index (χ1) is 12.3. The van der Waals surface area contributed by atoms with Gasteiger partial charge in [-0.25, -0.2) is 4.98 Å². The summed E-state index contributed by atoms with van der Waals surface area (Å²) in [5, 5.41) is 9.46. The Morgan fingerprint density at radius 3 is 2.64 bits per heavy atom. The van der Waals surface area contributed by atoms with E-state index in [1.165, 1.54) is 16.7 Å². The van der Waals surface area contributed by atoms with E-state index in [4.69, 9.17) is 4.74 Å². The Morgan fingerprint density at radius 1 is 1.08 bits per heavy atom. The SMILES string of the molecule is N#Cc1cnc(N2CCOCC2)c2c1CCN(Cc1ccccc1)C2. The minimum atomic E-state index is 0.728. The molecule has 3 heterocycles. The summed E-state index contributed by atoms with van der Waals surface area (Å²) in [5.41, 5.74) is 4.46. The lowest BCUT2D eigenvalue weighted by Gasteiger charge is -2.35. The van der Waals surface area contributed by atoms with E-state index in [1.54, 1.807) is 6.20 Å². The first-order valence-corrected chi connectivity index (χ1v) is 8.85. The maximum absolute atomic E-state index is 9.46. The number of hydrogen-bond donors (Lipinski definition) is 0. The fraction of sp³-hybridized carbons (Fsp3) is 0.400. The molecule has 2 aliphatic rings. The van der Waals surface area contributed by atoms with Crippen molar-refractivity contribution in [2.45, 2.75) is 19.5 Å². The van der Waals surface area contributed by atoms with Gasteiger partial charge < -0.3 is 9.64 Å². The average molecular weight is 334 g/mol. The summed E-state index contributed by atoms with van der Waals surface area (Å²) in [7, 11) is 0. The Morgan fingerprint density at radius 2 is 1.88 bits per heavy atom. The third-order valence-corrected chi connectivity index (χ3v) is 5.02. The maximum Gasteiger partial charge on any atom is 0.133 e. The molecule has 1 saturated heterocycles. The number of anilines is 1. The molecular formula is C20H22N4O. The lowest BCUT2D eigenvalue weighted by molar-refractivity contribution is 0.122. The van der Waals surface area contributed by atoms with Crippen molar-refractivity contribution in [2.24, 2.45) is 0 Å². The molecule has 4 rings (SSSR count). The Hall–Kier alpha value is -2.42. The van der Waals surface area contributed by atoms with Crippen LogP contribution >= 0.6 is 0 Å². The molecule has 1 aromatic heterocycles. The molecule has 0 amide bonds. The smallest absolute Gasteiger partial charge is 0.133 e. The third-order valence-electron chi connectivity index (χ3n) is 5.02. The van der Waals surface area contributed by atoms with Crippen molar-refractivity contribution in [3.63, 3.8) is 0 Å². The van der Waals surface area contributed by atoms with Crippen LogP contribution in [0.25, 0.3) is 0 Å². The zero-order chi connectivity index (χ0) is 17.1. The summed E-state index contributed by atoms with van der Waals surface area (Å²) < 4.78 is 5.48. The van der Waals surface area contributed by atoms with Gasteiger partial charge in [0, 0.05) is 44.5 Å². The normalized spacial score (nSPS) is 17.8. The number of pyridine rings is 1. The van der Waals surface area contributed by atoms with E-state index in [-0.39, 0.29) is 0 Å². The molecule has 0 aliphatic carbocycles. The van der Waals surface area contributed by atoms with Crippen LogP contribution in [0.3, 0.4) is 0 Å². The van der Waals surface area contributed by atoms with Gasteiger partial charge in [-0.15, -0.1) is 0 Å². The van der Waals surface area contributed by atoms with Crippen LogP contribution in [0.1, 0.15) is 22.3 Å². The van der Waals surface area contributed by atoms with Crippen LogP contribution in [0.15, 0.2) is 36.5 Å². The van der Waals surface area contributed by atoms with Crippen molar-refractivity contribution in [2.75, 3.05) is 37.7 Å². The first kappa shape index (κ1) is 16.1. The second kappa shape index (κ2) is 7.22. The molecule has 0 saturated carbocycles. The van der Waals surface area contributed by atoms with E-state index in [1.807, 2.05) is 0 Å². The van der Waals surface area contributed by atoms with Gasteiger partial charge in [-0.05, 0) is 17.5 Å². The maximum atomic E-state index is 9.46. The molecule has 1 fully saturated rings. The summed E-state index contributed by atoms with van der Waals surface area (Å²) in [4.78, 5) is 9.40. The number of nitriles is 1. The van der Waals surface area contributed by atoms with Gasteiger partial charge in [-0.1, -0.05) is 30.3 Å². The average Bonchev–Trinajstić information content (AvgIpc) is 2.68. The van der Waals surface area contributed by atoms with Crippen molar-refractivity contribution >= 4 is 5.82 Å². The summed E-state index contributed by atoms with van der Waals surface area (Å²) in [6.07, 6.45) is 2.65. The van der Waals surface area contributed by atoms with Crippen LogP contribution in [-0.4, -0.2) is 42.7 Å². The molecule has 0 N–H and O–H groups in total. The van der Waals surface area contributed by atoms with E-state index in [9.17, 15) is 5.26 Å². The number of fused-ring (bicyclic) bond motifs is 1. The van der Waals surface area contributed by atoms with Gasteiger partial charge in [-0.3, -0.25) is 4.90 Å². The Balaban J connectivity index is 1.63. The number of hydrogen-bond acceptors (Lipinski definition) is 5. The zero-order valence-electron chi connectivity index (χ0n) is 14.3. The van der Waals surface area contributed by atoms with Gasteiger partial charge in [0.2, 0.25) is 0 Å². The molecule has 0 bridgehead atoms. The third kappa shape index (κ3) is 3.37. The van der Waals surface area contributed by atoms with Crippen LogP contribution in [0.5, 0.6) is 0 Å².